The highest BCUT2D eigenvalue weighted by Crippen LogP contribution is 2.49. The van der Waals surface area contributed by atoms with E-state index in [0.29, 0.717) is 18.8 Å². The van der Waals surface area contributed by atoms with Crippen LogP contribution in [0.1, 0.15) is 77.2 Å². The van der Waals surface area contributed by atoms with E-state index in [1.165, 1.54) is 6.42 Å². The summed E-state index contributed by atoms with van der Waals surface area (Å²) in [4.78, 5) is 14.1. The maximum atomic E-state index is 13.2. The van der Waals surface area contributed by atoms with Crippen LogP contribution in [0, 0.1) is 11.3 Å². The molecular formula is C24H35F3N2O2. The summed E-state index contributed by atoms with van der Waals surface area (Å²) >= 11 is 0. The average Bonchev–Trinajstić information content (AvgIpc) is 3.46. The fraction of sp³-hybridized carbons (Fsp3) is 0.708. The molecule has 0 bridgehead atoms. The molecule has 1 aromatic carbocycles. The number of esters is 1. The minimum absolute atomic E-state index is 0.111. The molecule has 0 saturated heterocycles. The van der Waals surface area contributed by atoms with E-state index in [1.807, 2.05) is 18.2 Å². The fourth-order valence-corrected chi connectivity index (χ4v) is 5.00. The lowest BCUT2D eigenvalue weighted by atomic mass is 9.85. The molecule has 0 radical (unpaired) electrons. The quantitative estimate of drug-likeness (QED) is 0.395. The smallest absolute Gasteiger partial charge is 0.389 e. The van der Waals surface area contributed by atoms with Crippen LogP contribution < -0.4 is 10.6 Å². The molecule has 0 heterocycles. The van der Waals surface area contributed by atoms with Crippen molar-refractivity contribution in [1.29, 1.82) is 0 Å². The minimum Gasteiger partial charge on any atom is -0.466 e. The maximum absolute atomic E-state index is 13.2. The molecule has 2 saturated carbocycles. The van der Waals surface area contributed by atoms with Crippen LogP contribution in [-0.2, 0) is 9.53 Å². The molecule has 31 heavy (non-hydrogen) atoms. The van der Waals surface area contributed by atoms with Gasteiger partial charge in [-0.05, 0) is 55.2 Å². The lowest BCUT2D eigenvalue weighted by Gasteiger charge is -2.42. The summed E-state index contributed by atoms with van der Waals surface area (Å²) in [5.41, 5.74) is 7.89. The minimum atomic E-state index is -4.20. The van der Waals surface area contributed by atoms with Crippen LogP contribution in [0.25, 0.3) is 0 Å². The van der Waals surface area contributed by atoms with E-state index in [-0.39, 0.29) is 23.8 Å². The number of ether oxygens (including phenoxy) is 1. The number of rotatable bonds is 8. The van der Waals surface area contributed by atoms with E-state index < -0.39 is 18.0 Å². The lowest BCUT2D eigenvalue weighted by molar-refractivity contribution is -0.153. The molecule has 7 heteroatoms. The van der Waals surface area contributed by atoms with Gasteiger partial charge in [0, 0.05) is 12.6 Å². The van der Waals surface area contributed by atoms with Gasteiger partial charge in [0.25, 0.3) is 0 Å². The first kappa shape index (κ1) is 23.7. The number of alkyl halides is 3. The summed E-state index contributed by atoms with van der Waals surface area (Å²) in [6.45, 7) is 5.81. The van der Waals surface area contributed by atoms with E-state index in [4.69, 9.17) is 10.5 Å². The molecule has 174 valence electrons. The molecule has 2 aliphatic rings. The average molecular weight is 441 g/mol. The topological polar surface area (TPSA) is 55.6 Å². The first-order valence-corrected chi connectivity index (χ1v) is 11.4. The lowest BCUT2D eigenvalue weighted by Crippen LogP contribution is -2.44. The summed E-state index contributed by atoms with van der Waals surface area (Å²) in [5.74, 6) is -0.182. The Morgan fingerprint density at radius 1 is 1.19 bits per heavy atom. The number of hydrogen-bond acceptors (Lipinski definition) is 4. The molecular weight excluding hydrogens is 405 g/mol. The summed E-state index contributed by atoms with van der Waals surface area (Å²) < 4.78 is 44.6. The zero-order valence-corrected chi connectivity index (χ0v) is 18.8. The van der Waals surface area contributed by atoms with Gasteiger partial charge in [-0.2, -0.15) is 13.2 Å². The Bertz CT molecular complexity index is 773. The highest BCUT2D eigenvalue weighted by Gasteiger charge is 2.45. The monoisotopic (exact) mass is 440 g/mol. The Balaban J connectivity index is 1.81. The molecule has 0 amide bonds. The standard InChI is InChI=1S/C24H35F3N2O2/c1-4-31-22(30)19-13-18(19)16-10-11-21(20(28)12-16)29(17-8-6-5-7-9-17)15-23(2,3)14-24(25,26)27/h10-12,17-19H,4-9,13-15,28H2,1-3H3/t18-,19-/m0/s1. The highest BCUT2D eigenvalue weighted by atomic mass is 19.4. The predicted octanol–water partition coefficient (Wildman–Crippen LogP) is 6.05. The van der Waals surface area contributed by atoms with Crippen LogP contribution in [0.3, 0.4) is 0 Å². The van der Waals surface area contributed by atoms with Gasteiger partial charge < -0.3 is 15.4 Å². The van der Waals surface area contributed by atoms with Crippen LogP contribution in [0.15, 0.2) is 18.2 Å². The molecule has 1 aromatic rings. The van der Waals surface area contributed by atoms with Crippen LogP contribution >= 0.6 is 0 Å². The maximum Gasteiger partial charge on any atom is 0.389 e. The highest BCUT2D eigenvalue weighted by molar-refractivity contribution is 5.78. The SMILES string of the molecule is CCOC(=O)[C@H]1C[C@H]1c1ccc(N(CC(C)(C)CC(F)(F)F)C2CCCCC2)c(N)c1. The van der Waals surface area contributed by atoms with Crippen molar-refractivity contribution in [3.8, 4) is 0 Å². The van der Waals surface area contributed by atoms with Gasteiger partial charge in [-0.1, -0.05) is 39.2 Å². The molecule has 4 nitrogen and oxygen atoms in total. The van der Waals surface area contributed by atoms with E-state index >= 15 is 0 Å². The number of hydrogen-bond donors (Lipinski definition) is 1. The van der Waals surface area contributed by atoms with E-state index in [0.717, 1.165) is 43.4 Å². The van der Waals surface area contributed by atoms with Crippen LogP contribution in [0.4, 0.5) is 24.5 Å². The third kappa shape index (κ3) is 6.30. The zero-order chi connectivity index (χ0) is 22.8. The number of nitrogen functional groups attached to an aromatic ring is 1. The van der Waals surface area contributed by atoms with Gasteiger partial charge in [-0.3, -0.25) is 4.79 Å². The molecule has 2 aliphatic carbocycles. The Labute approximate surface area is 183 Å². The number of benzene rings is 1. The second kappa shape index (κ2) is 9.29. The van der Waals surface area contributed by atoms with Gasteiger partial charge in [-0.15, -0.1) is 0 Å². The van der Waals surface area contributed by atoms with Crippen molar-refractivity contribution in [2.75, 3.05) is 23.8 Å². The van der Waals surface area contributed by atoms with Crippen molar-refractivity contribution in [3.63, 3.8) is 0 Å². The van der Waals surface area contributed by atoms with Crippen molar-refractivity contribution in [2.45, 2.75) is 83.9 Å². The van der Waals surface area contributed by atoms with E-state index in [1.54, 1.807) is 20.8 Å². The van der Waals surface area contributed by atoms with Crippen LogP contribution in [0.2, 0.25) is 0 Å². The van der Waals surface area contributed by atoms with Crippen LogP contribution in [-0.4, -0.2) is 31.3 Å². The molecule has 0 aliphatic heterocycles. The third-order valence-corrected chi connectivity index (χ3v) is 6.46. The molecule has 0 unspecified atom stereocenters. The van der Waals surface area contributed by atoms with Crippen molar-refractivity contribution in [3.05, 3.63) is 23.8 Å². The van der Waals surface area contributed by atoms with Gasteiger partial charge in [-0.25, -0.2) is 0 Å². The summed E-state index contributed by atoms with van der Waals surface area (Å²) in [5, 5.41) is 0. The summed E-state index contributed by atoms with van der Waals surface area (Å²) in [7, 11) is 0. The van der Waals surface area contributed by atoms with Gasteiger partial charge >= 0.3 is 12.1 Å². The van der Waals surface area contributed by atoms with Crippen molar-refractivity contribution >= 4 is 17.3 Å². The summed E-state index contributed by atoms with van der Waals surface area (Å²) in [6, 6.07) is 6.00. The zero-order valence-electron chi connectivity index (χ0n) is 18.8. The van der Waals surface area contributed by atoms with Gasteiger partial charge in [0.15, 0.2) is 0 Å². The molecule has 0 spiro atoms. The number of nitrogens with zero attached hydrogens (tertiary/aromatic N) is 1. The molecule has 2 N–H and O–H groups in total. The predicted molar refractivity (Wildman–Crippen MR) is 117 cm³/mol. The molecule has 2 fully saturated rings. The molecule has 0 aromatic heterocycles. The third-order valence-electron chi connectivity index (χ3n) is 6.46. The fourth-order valence-electron chi connectivity index (χ4n) is 5.00. The second-order valence-electron chi connectivity index (χ2n) is 9.89. The molecule has 2 atom stereocenters. The number of nitrogens with two attached hydrogens (primary N) is 1. The van der Waals surface area contributed by atoms with Gasteiger partial charge in [0.05, 0.1) is 30.3 Å². The van der Waals surface area contributed by atoms with Crippen molar-refractivity contribution in [1.82, 2.24) is 0 Å². The number of halogens is 3. The van der Waals surface area contributed by atoms with E-state index in [2.05, 4.69) is 4.90 Å². The van der Waals surface area contributed by atoms with Crippen LogP contribution in [0.5, 0.6) is 0 Å². The Morgan fingerprint density at radius 2 is 1.87 bits per heavy atom. The van der Waals surface area contributed by atoms with Gasteiger partial charge in [0.1, 0.15) is 0 Å². The van der Waals surface area contributed by atoms with Gasteiger partial charge in [0.2, 0.25) is 0 Å². The number of carbonyl (C=O) groups is 1. The van der Waals surface area contributed by atoms with Crippen molar-refractivity contribution in [2.24, 2.45) is 11.3 Å². The first-order valence-electron chi connectivity index (χ1n) is 11.4. The Hall–Kier alpha value is -1.92. The normalized spacial score (nSPS) is 22.3. The second-order valence-corrected chi connectivity index (χ2v) is 9.89. The Morgan fingerprint density at radius 3 is 2.45 bits per heavy atom. The first-order chi connectivity index (χ1) is 14.5. The summed E-state index contributed by atoms with van der Waals surface area (Å²) in [6.07, 6.45) is 0.998. The van der Waals surface area contributed by atoms with Crippen molar-refractivity contribution < 1.29 is 22.7 Å². The molecule has 3 rings (SSSR count). The number of carbonyl (C=O) groups excluding carboxylic acids is 1. The number of anilines is 2. The largest absolute Gasteiger partial charge is 0.466 e. The Kier molecular flexibility index (Phi) is 7.11. The van der Waals surface area contributed by atoms with E-state index in [9.17, 15) is 18.0 Å².